The van der Waals surface area contributed by atoms with Crippen molar-refractivity contribution in [3.63, 3.8) is 0 Å². The maximum Gasteiger partial charge on any atom is 0.0311 e. The fraction of sp³-hybridized carbons (Fsp3) is 0.500. The van der Waals surface area contributed by atoms with Crippen LogP contribution in [-0.4, -0.2) is 11.3 Å². The quantitative estimate of drug-likeness (QED) is 0.894. The van der Waals surface area contributed by atoms with E-state index in [4.69, 9.17) is 5.73 Å². The molecule has 15 heavy (non-hydrogen) atoms. The molecule has 0 atom stereocenters. The summed E-state index contributed by atoms with van der Waals surface area (Å²) < 4.78 is 1.21. The predicted octanol–water partition coefficient (Wildman–Crippen LogP) is 3.81. The summed E-state index contributed by atoms with van der Waals surface area (Å²) in [6.07, 6.45) is 4.88. The van der Waals surface area contributed by atoms with Crippen LogP contribution in [0, 0.1) is 0 Å². The first-order valence-electron chi connectivity index (χ1n) is 5.42. The summed E-state index contributed by atoms with van der Waals surface area (Å²) in [5.41, 5.74) is 5.90. The largest absolute Gasteiger partial charge is 0.328 e. The van der Waals surface area contributed by atoms with Gasteiger partial charge < -0.3 is 5.73 Å². The van der Waals surface area contributed by atoms with E-state index in [0.717, 1.165) is 5.25 Å². The third-order valence-electron chi connectivity index (χ3n) is 2.85. The average Bonchev–Trinajstić information content (AvgIpc) is 2.25. The molecule has 0 radical (unpaired) electrons. The van der Waals surface area contributed by atoms with Crippen LogP contribution in [0.2, 0.25) is 0 Å². The molecule has 1 saturated carbocycles. The first-order chi connectivity index (χ1) is 7.25. The van der Waals surface area contributed by atoms with Crippen LogP contribution in [0.5, 0.6) is 0 Å². The van der Waals surface area contributed by atoms with Crippen LogP contribution >= 0.6 is 27.7 Å². The fourth-order valence-corrected chi connectivity index (χ4v) is 3.70. The van der Waals surface area contributed by atoms with E-state index in [0.29, 0.717) is 6.04 Å². The fourth-order valence-electron chi connectivity index (χ4n) is 1.93. The molecule has 1 aromatic carbocycles. The van der Waals surface area contributed by atoms with Gasteiger partial charge in [0.05, 0.1) is 0 Å². The highest BCUT2D eigenvalue weighted by Gasteiger charge is 2.19. The second-order valence-corrected chi connectivity index (χ2v) is 6.28. The Bertz CT molecular complexity index is 321. The molecule has 0 heterocycles. The zero-order valence-corrected chi connectivity index (χ0v) is 11.1. The summed E-state index contributed by atoms with van der Waals surface area (Å²) in [5, 5.41) is 0.753. The van der Waals surface area contributed by atoms with Crippen molar-refractivity contribution >= 4 is 27.7 Å². The topological polar surface area (TPSA) is 26.0 Å². The molecule has 82 valence electrons. The maximum absolute atomic E-state index is 5.90. The molecule has 0 aliphatic heterocycles. The van der Waals surface area contributed by atoms with Crippen molar-refractivity contribution in [1.29, 1.82) is 0 Å². The summed E-state index contributed by atoms with van der Waals surface area (Å²) in [5.74, 6) is 0. The molecule has 1 nitrogen and oxygen atoms in total. The average molecular weight is 286 g/mol. The molecule has 0 bridgehead atoms. The Morgan fingerprint density at radius 3 is 2.47 bits per heavy atom. The van der Waals surface area contributed by atoms with Gasteiger partial charge in [0.2, 0.25) is 0 Å². The standard InChI is InChI=1S/C12H16BrNS/c13-11-3-1-2-4-12(11)15-10-7-5-9(14)6-8-10/h1-4,9-10H,5-8,14H2. The Kier molecular flexibility index (Phi) is 4.12. The predicted molar refractivity (Wildman–Crippen MR) is 70.2 cm³/mol. The number of hydrogen-bond acceptors (Lipinski definition) is 2. The molecule has 2 N–H and O–H groups in total. The maximum atomic E-state index is 5.90. The van der Waals surface area contributed by atoms with E-state index in [-0.39, 0.29) is 0 Å². The van der Waals surface area contributed by atoms with Gasteiger partial charge in [0, 0.05) is 20.7 Å². The Balaban J connectivity index is 1.95. The second kappa shape index (κ2) is 5.37. The first kappa shape index (κ1) is 11.5. The molecule has 0 unspecified atom stereocenters. The van der Waals surface area contributed by atoms with Crippen molar-refractivity contribution in [2.75, 3.05) is 0 Å². The Hall–Kier alpha value is 0.01000. The van der Waals surface area contributed by atoms with Gasteiger partial charge in [-0.25, -0.2) is 0 Å². The van der Waals surface area contributed by atoms with Crippen LogP contribution in [0.1, 0.15) is 25.7 Å². The monoisotopic (exact) mass is 285 g/mol. The van der Waals surface area contributed by atoms with Crippen molar-refractivity contribution in [3.05, 3.63) is 28.7 Å². The van der Waals surface area contributed by atoms with Crippen LogP contribution < -0.4 is 5.73 Å². The molecule has 1 fully saturated rings. The van der Waals surface area contributed by atoms with Crippen LogP contribution in [0.4, 0.5) is 0 Å². The van der Waals surface area contributed by atoms with Crippen LogP contribution in [0.15, 0.2) is 33.6 Å². The van der Waals surface area contributed by atoms with Crippen molar-refractivity contribution in [1.82, 2.24) is 0 Å². The van der Waals surface area contributed by atoms with Crippen LogP contribution in [0.25, 0.3) is 0 Å². The normalized spacial score (nSPS) is 26.5. The Morgan fingerprint density at radius 1 is 1.13 bits per heavy atom. The molecule has 1 aromatic rings. The van der Waals surface area contributed by atoms with Gasteiger partial charge in [-0.2, -0.15) is 0 Å². The summed E-state index contributed by atoms with van der Waals surface area (Å²) in [4.78, 5) is 1.36. The number of nitrogens with two attached hydrogens (primary N) is 1. The number of rotatable bonds is 2. The number of hydrogen-bond donors (Lipinski definition) is 1. The molecule has 1 aliphatic carbocycles. The summed E-state index contributed by atoms with van der Waals surface area (Å²) >= 11 is 5.58. The zero-order valence-electron chi connectivity index (χ0n) is 8.66. The minimum atomic E-state index is 0.445. The van der Waals surface area contributed by atoms with Gasteiger partial charge >= 0.3 is 0 Å². The van der Waals surface area contributed by atoms with Gasteiger partial charge in [-0.3, -0.25) is 0 Å². The highest BCUT2D eigenvalue weighted by atomic mass is 79.9. The number of benzene rings is 1. The van der Waals surface area contributed by atoms with Gasteiger partial charge in [0.1, 0.15) is 0 Å². The molecule has 0 aromatic heterocycles. The minimum absolute atomic E-state index is 0.445. The molecular weight excluding hydrogens is 270 g/mol. The van der Waals surface area contributed by atoms with E-state index in [1.54, 1.807) is 0 Å². The SMILES string of the molecule is NC1CCC(Sc2ccccc2Br)CC1. The van der Waals surface area contributed by atoms with E-state index in [1.807, 2.05) is 11.8 Å². The third-order valence-corrected chi connectivity index (χ3v) is 5.22. The van der Waals surface area contributed by atoms with Crippen molar-refractivity contribution in [2.24, 2.45) is 5.73 Å². The van der Waals surface area contributed by atoms with Crippen molar-refractivity contribution in [2.45, 2.75) is 41.9 Å². The lowest BCUT2D eigenvalue weighted by atomic mass is 9.96. The number of thioether (sulfide) groups is 1. The van der Waals surface area contributed by atoms with E-state index < -0.39 is 0 Å². The van der Waals surface area contributed by atoms with E-state index in [1.165, 1.54) is 35.1 Å². The molecule has 0 spiro atoms. The third kappa shape index (κ3) is 3.23. The molecular formula is C12H16BrNS. The highest BCUT2D eigenvalue weighted by molar-refractivity contribution is 9.10. The van der Waals surface area contributed by atoms with E-state index in [2.05, 4.69) is 40.2 Å². The van der Waals surface area contributed by atoms with Crippen LogP contribution in [-0.2, 0) is 0 Å². The van der Waals surface area contributed by atoms with Gasteiger partial charge in [-0.1, -0.05) is 12.1 Å². The molecule has 0 amide bonds. The molecule has 2 rings (SSSR count). The number of halogens is 1. The van der Waals surface area contributed by atoms with Crippen molar-refractivity contribution in [3.8, 4) is 0 Å². The lowest BCUT2D eigenvalue weighted by molar-refractivity contribution is 0.451. The molecule has 0 saturated heterocycles. The molecule has 1 aliphatic rings. The second-order valence-electron chi connectivity index (χ2n) is 4.09. The first-order valence-corrected chi connectivity index (χ1v) is 7.10. The van der Waals surface area contributed by atoms with Gasteiger partial charge in [0.25, 0.3) is 0 Å². The summed E-state index contributed by atoms with van der Waals surface area (Å²) in [7, 11) is 0. The van der Waals surface area contributed by atoms with Gasteiger partial charge in [-0.05, 0) is 53.7 Å². The van der Waals surface area contributed by atoms with Gasteiger partial charge in [-0.15, -0.1) is 11.8 Å². The lowest BCUT2D eigenvalue weighted by Crippen LogP contribution is -2.27. The van der Waals surface area contributed by atoms with E-state index in [9.17, 15) is 0 Å². The minimum Gasteiger partial charge on any atom is -0.328 e. The van der Waals surface area contributed by atoms with Crippen LogP contribution in [0.3, 0.4) is 0 Å². The Morgan fingerprint density at radius 2 is 1.80 bits per heavy atom. The highest BCUT2D eigenvalue weighted by Crippen LogP contribution is 2.36. The smallest absolute Gasteiger partial charge is 0.0311 e. The summed E-state index contributed by atoms with van der Waals surface area (Å²) in [6, 6.07) is 8.90. The zero-order chi connectivity index (χ0) is 10.7. The van der Waals surface area contributed by atoms with Crippen molar-refractivity contribution < 1.29 is 0 Å². The van der Waals surface area contributed by atoms with E-state index >= 15 is 0 Å². The van der Waals surface area contributed by atoms with Gasteiger partial charge in [0.15, 0.2) is 0 Å². The Labute approximate surface area is 104 Å². The summed E-state index contributed by atoms with van der Waals surface area (Å²) in [6.45, 7) is 0. The molecule has 3 heteroatoms. The lowest BCUT2D eigenvalue weighted by Gasteiger charge is -2.25.